The number of aromatic amines is 1. The number of halogens is 1. The fraction of sp³-hybridized carbons (Fsp3) is 0.0625. The van der Waals surface area contributed by atoms with Crippen molar-refractivity contribution >= 4 is 34.0 Å². The van der Waals surface area contributed by atoms with Crippen LogP contribution in [0.15, 0.2) is 48.7 Å². The minimum Gasteiger partial charge on any atom is -0.361 e. The fourth-order valence-electron chi connectivity index (χ4n) is 2.27. The van der Waals surface area contributed by atoms with Crippen LogP contribution in [0.2, 0.25) is 0 Å². The Bertz CT molecular complexity index is 847. The van der Waals surface area contributed by atoms with Crippen LogP contribution in [0.4, 0.5) is 26.2 Å². The first-order valence-corrected chi connectivity index (χ1v) is 6.90. The predicted molar refractivity (Wildman–Crippen MR) is 88.0 cm³/mol. The summed E-state index contributed by atoms with van der Waals surface area (Å²) in [7, 11) is 1.45. The number of benzene rings is 2. The van der Waals surface area contributed by atoms with E-state index in [0.717, 1.165) is 10.9 Å². The molecule has 0 atom stereocenters. The molecule has 0 saturated carbocycles. The second kappa shape index (κ2) is 6.37. The molecule has 2 aromatic carbocycles. The zero-order chi connectivity index (χ0) is 16.2. The van der Waals surface area contributed by atoms with Crippen LogP contribution in [0, 0.1) is 5.82 Å². The lowest BCUT2D eigenvalue weighted by Crippen LogP contribution is -2.20. The van der Waals surface area contributed by atoms with Crippen LogP contribution in [0.3, 0.4) is 0 Å². The van der Waals surface area contributed by atoms with Gasteiger partial charge in [-0.3, -0.25) is 10.3 Å². The summed E-state index contributed by atoms with van der Waals surface area (Å²) in [5.74, 6) is -0.540. The minimum absolute atomic E-state index is 0.0470. The van der Waals surface area contributed by atoms with Crippen LogP contribution < -0.4 is 16.1 Å². The maximum atomic E-state index is 13.8. The number of amides is 2. The number of nitrogens with one attached hydrogen (secondary N) is 4. The van der Waals surface area contributed by atoms with Crippen molar-refractivity contribution in [3.05, 3.63) is 54.5 Å². The largest absolute Gasteiger partial charge is 0.361 e. The molecule has 1 heterocycles. The van der Waals surface area contributed by atoms with E-state index in [4.69, 9.17) is 4.84 Å². The van der Waals surface area contributed by atoms with Crippen LogP contribution in [0.5, 0.6) is 0 Å². The Morgan fingerprint density at radius 1 is 1.13 bits per heavy atom. The molecule has 0 spiro atoms. The summed E-state index contributed by atoms with van der Waals surface area (Å²) in [6.07, 6.45) is 1.79. The molecule has 0 aliphatic heterocycles. The van der Waals surface area contributed by atoms with E-state index < -0.39 is 11.8 Å². The van der Waals surface area contributed by atoms with Crippen molar-refractivity contribution in [1.82, 2.24) is 4.98 Å². The second-order valence-corrected chi connectivity index (χ2v) is 4.82. The number of carbonyl (C=O) groups is 1. The van der Waals surface area contributed by atoms with Crippen LogP contribution in [-0.4, -0.2) is 18.1 Å². The quantitative estimate of drug-likeness (QED) is 0.551. The SMILES string of the molecule is CONc1ccc(F)c(NC(=O)Nc2cccc3[nH]ccc23)c1. The van der Waals surface area contributed by atoms with Crippen LogP contribution >= 0.6 is 0 Å². The summed E-state index contributed by atoms with van der Waals surface area (Å²) >= 11 is 0. The Morgan fingerprint density at radius 3 is 2.78 bits per heavy atom. The average molecular weight is 314 g/mol. The van der Waals surface area contributed by atoms with Crippen molar-refractivity contribution in [2.24, 2.45) is 0 Å². The van der Waals surface area contributed by atoms with Crippen molar-refractivity contribution in [2.75, 3.05) is 23.2 Å². The van der Waals surface area contributed by atoms with Crippen LogP contribution in [-0.2, 0) is 4.84 Å². The van der Waals surface area contributed by atoms with E-state index in [-0.39, 0.29) is 5.69 Å². The molecular weight excluding hydrogens is 299 g/mol. The predicted octanol–water partition coefficient (Wildman–Crippen LogP) is 3.92. The zero-order valence-electron chi connectivity index (χ0n) is 12.3. The third-order valence-electron chi connectivity index (χ3n) is 3.28. The number of H-pyrrole nitrogens is 1. The highest BCUT2D eigenvalue weighted by Gasteiger charge is 2.10. The minimum atomic E-state index is -0.540. The van der Waals surface area contributed by atoms with Gasteiger partial charge in [0.25, 0.3) is 0 Å². The second-order valence-electron chi connectivity index (χ2n) is 4.82. The topological polar surface area (TPSA) is 78.2 Å². The van der Waals surface area contributed by atoms with Gasteiger partial charge >= 0.3 is 6.03 Å². The highest BCUT2D eigenvalue weighted by Crippen LogP contribution is 2.23. The summed E-state index contributed by atoms with van der Waals surface area (Å²) in [4.78, 5) is 19.9. The van der Waals surface area contributed by atoms with Gasteiger partial charge in [-0.05, 0) is 36.4 Å². The maximum absolute atomic E-state index is 13.8. The molecule has 7 heteroatoms. The van der Waals surface area contributed by atoms with E-state index in [2.05, 4.69) is 21.1 Å². The van der Waals surface area contributed by atoms with E-state index >= 15 is 0 Å². The standard InChI is InChI=1S/C16H15FN4O2/c1-23-21-10-5-6-12(17)15(9-10)20-16(22)19-14-4-2-3-13-11(14)7-8-18-13/h2-9,18,21H,1H3,(H2,19,20,22). The van der Waals surface area contributed by atoms with E-state index in [1.807, 2.05) is 18.2 Å². The summed E-state index contributed by atoms with van der Waals surface area (Å²) in [5.41, 5.74) is 4.68. The van der Waals surface area contributed by atoms with Gasteiger partial charge < -0.3 is 15.6 Å². The van der Waals surface area contributed by atoms with Gasteiger partial charge in [0, 0.05) is 17.1 Å². The van der Waals surface area contributed by atoms with Crippen LogP contribution in [0.1, 0.15) is 0 Å². The molecule has 1 aromatic heterocycles. The normalized spacial score (nSPS) is 10.5. The van der Waals surface area contributed by atoms with E-state index in [1.165, 1.54) is 25.3 Å². The molecule has 0 saturated heterocycles. The summed E-state index contributed by atoms with van der Waals surface area (Å²) in [6, 6.07) is 11.0. The zero-order valence-corrected chi connectivity index (χ0v) is 12.3. The molecule has 6 nitrogen and oxygen atoms in total. The molecule has 2 amide bonds. The lowest BCUT2D eigenvalue weighted by molar-refractivity contribution is 0.262. The molecule has 4 N–H and O–H groups in total. The van der Waals surface area contributed by atoms with Crippen molar-refractivity contribution in [2.45, 2.75) is 0 Å². The number of urea groups is 1. The van der Waals surface area contributed by atoms with E-state index in [9.17, 15) is 9.18 Å². The molecule has 0 radical (unpaired) electrons. The molecule has 0 aliphatic carbocycles. The highest BCUT2D eigenvalue weighted by molar-refractivity contribution is 6.05. The number of fused-ring (bicyclic) bond motifs is 1. The van der Waals surface area contributed by atoms with Gasteiger partial charge in [0.05, 0.1) is 24.2 Å². The van der Waals surface area contributed by atoms with Gasteiger partial charge in [0.2, 0.25) is 0 Å². The average Bonchev–Trinajstić information content (AvgIpc) is 3.00. The van der Waals surface area contributed by atoms with E-state index in [0.29, 0.717) is 11.4 Å². The van der Waals surface area contributed by atoms with Crippen molar-refractivity contribution in [1.29, 1.82) is 0 Å². The van der Waals surface area contributed by atoms with Gasteiger partial charge in [-0.15, -0.1) is 0 Å². The Hall–Kier alpha value is -3.06. The van der Waals surface area contributed by atoms with Crippen molar-refractivity contribution in [3.63, 3.8) is 0 Å². The van der Waals surface area contributed by atoms with Gasteiger partial charge in [-0.1, -0.05) is 6.07 Å². The lowest BCUT2D eigenvalue weighted by atomic mass is 10.2. The van der Waals surface area contributed by atoms with Crippen LogP contribution in [0.25, 0.3) is 10.9 Å². The molecular formula is C16H15FN4O2. The third kappa shape index (κ3) is 3.24. The molecule has 3 aromatic rings. The number of carbonyl (C=O) groups excluding carboxylic acids is 1. The molecule has 118 valence electrons. The lowest BCUT2D eigenvalue weighted by Gasteiger charge is -2.11. The molecule has 0 aliphatic rings. The summed E-state index contributed by atoms with van der Waals surface area (Å²) in [6.45, 7) is 0. The van der Waals surface area contributed by atoms with Gasteiger partial charge in [0.1, 0.15) is 5.82 Å². The highest BCUT2D eigenvalue weighted by atomic mass is 19.1. The Morgan fingerprint density at radius 2 is 1.96 bits per heavy atom. The number of anilines is 3. The third-order valence-corrected chi connectivity index (χ3v) is 3.28. The smallest absolute Gasteiger partial charge is 0.323 e. The number of hydrogen-bond donors (Lipinski definition) is 4. The van der Waals surface area contributed by atoms with Gasteiger partial charge in [-0.2, -0.15) is 0 Å². The number of rotatable bonds is 4. The Kier molecular flexibility index (Phi) is 4.11. The van der Waals surface area contributed by atoms with Crippen molar-refractivity contribution in [3.8, 4) is 0 Å². The maximum Gasteiger partial charge on any atom is 0.323 e. The van der Waals surface area contributed by atoms with Gasteiger partial charge in [0.15, 0.2) is 0 Å². The van der Waals surface area contributed by atoms with E-state index in [1.54, 1.807) is 12.3 Å². The first kappa shape index (κ1) is 14.9. The Labute approximate surface area is 131 Å². The molecule has 0 unspecified atom stereocenters. The van der Waals surface area contributed by atoms with Crippen molar-refractivity contribution < 1.29 is 14.0 Å². The molecule has 0 fully saturated rings. The first-order chi connectivity index (χ1) is 11.2. The first-order valence-electron chi connectivity index (χ1n) is 6.90. The van der Waals surface area contributed by atoms with Gasteiger partial charge in [-0.25, -0.2) is 9.18 Å². The summed E-state index contributed by atoms with van der Waals surface area (Å²) in [5, 5.41) is 6.07. The number of aromatic nitrogens is 1. The fourth-order valence-corrected chi connectivity index (χ4v) is 2.27. The molecule has 0 bridgehead atoms. The molecule has 3 rings (SSSR count). The monoisotopic (exact) mass is 314 g/mol. The Balaban J connectivity index is 1.77. The summed E-state index contributed by atoms with van der Waals surface area (Å²) < 4.78 is 13.8. The molecule has 23 heavy (non-hydrogen) atoms. The number of hydrogen-bond acceptors (Lipinski definition) is 3.